The fourth-order valence-corrected chi connectivity index (χ4v) is 6.23. The summed E-state index contributed by atoms with van der Waals surface area (Å²) in [7, 11) is -3.71. The highest BCUT2D eigenvalue weighted by Crippen LogP contribution is 2.28. The molecule has 1 aliphatic rings. The van der Waals surface area contributed by atoms with Crippen LogP contribution in [0.25, 0.3) is 16.5 Å². The van der Waals surface area contributed by atoms with Crippen molar-refractivity contribution < 1.29 is 17.6 Å². The second-order valence-electron chi connectivity index (χ2n) is 7.77. The molecule has 0 spiro atoms. The Kier molecular flexibility index (Phi) is 5.30. The van der Waals surface area contributed by atoms with Crippen molar-refractivity contribution in [2.24, 2.45) is 4.99 Å². The molecule has 166 valence electrons. The van der Waals surface area contributed by atoms with Crippen molar-refractivity contribution in [2.75, 3.05) is 5.75 Å². The van der Waals surface area contributed by atoms with Gasteiger partial charge in [0.2, 0.25) is 0 Å². The van der Waals surface area contributed by atoms with Gasteiger partial charge < -0.3 is 0 Å². The molecule has 2 aromatic heterocycles. The van der Waals surface area contributed by atoms with Crippen molar-refractivity contribution in [3.63, 3.8) is 0 Å². The Morgan fingerprint density at radius 1 is 1.15 bits per heavy atom. The predicted octanol–water partition coefficient (Wildman–Crippen LogP) is 4.04. The number of ketones is 1. The van der Waals surface area contributed by atoms with Crippen LogP contribution in [-0.4, -0.2) is 30.7 Å². The quantitative estimate of drug-likeness (QED) is 0.417. The average molecular weight is 481 g/mol. The van der Waals surface area contributed by atoms with Gasteiger partial charge in [0.15, 0.2) is 15.6 Å². The van der Waals surface area contributed by atoms with Gasteiger partial charge in [-0.25, -0.2) is 12.8 Å². The summed E-state index contributed by atoms with van der Waals surface area (Å²) < 4.78 is 40.9. The lowest BCUT2D eigenvalue weighted by atomic mass is 10.1. The molecule has 0 amide bonds. The third-order valence-corrected chi connectivity index (χ3v) is 8.63. The van der Waals surface area contributed by atoms with Crippen molar-refractivity contribution in [3.8, 4) is 5.69 Å². The van der Waals surface area contributed by atoms with Crippen LogP contribution in [0.3, 0.4) is 0 Å². The monoisotopic (exact) mass is 480 g/mol. The zero-order valence-electron chi connectivity index (χ0n) is 17.2. The van der Waals surface area contributed by atoms with Crippen LogP contribution in [-0.2, 0) is 27.5 Å². The fraction of sp³-hybridized carbons (Fsp3) is 0.125. The number of halogens is 1. The number of aliphatic imine (C=N–C) groups is 1. The summed E-state index contributed by atoms with van der Waals surface area (Å²) in [6.07, 6.45) is 3.72. The standard InChI is InChI=1S/C24H17FN2O4S2/c25-20-11-15(10-18(28)14-33(30,31)23-2-1-9-32-23)3-4-22(20)27-8-6-16-13-21-17(5-7-26-21)12-19(16)24(27)29/h1-4,6-9,11-13H,5,10,14H2. The number of nitrogens with zero attached hydrogens (tertiary/aromatic N) is 2. The first-order valence-corrected chi connectivity index (χ1v) is 12.6. The van der Waals surface area contributed by atoms with E-state index in [4.69, 9.17) is 0 Å². The first-order valence-electron chi connectivity index (χ1n) is 10.1. The van der Waals surface area contributed by atoms with E-state index in [9.17, 15) is 22.4 Å². The number of aromatic nitrogens is 1. The molecule has 2 aromatic carbocycles. The highest BCUT2D eigenvalue weighted by molar-refractivity contribution is 7.94. The summed E-state index contributed by atoms with van der Waals surface area (Å²) in [6.45, 7) is 0. The number of thiophene rings is 1. The van der Waals surface area contributed by atoms with Gasteiger partial charge in [-0.1, -0.05) is 12.1 Å². The molecule has 3 heterocycles. The Morgan fingerprint density at radius 2 is 2.00 bits per heavy atom. The van der Waals surface area contributed by atoms with Crippen molar-refractivity contribution >= 4 is 49.6 Å². The SMILES string of the molecule is O=C(Cc1ccc(-n2ccc3cc4c(cc3c2=O)CC=N4)c(F)c1)CS(=O)(=O)c1cccs1. The first kappa shape index (κ1) is 21.4. The lowest BCUT2D eigenvalue weighted by Gasteiger charge is -2.11. The number of benzene rings is 2. The Morgan fingerprint density at radius 3 is 2.76 bits per heavy atom. The summed E-state index contributed by atoms with van der Waals surface area (Å²) in [5.74, 6) is -1.85. The molecule has 0 saturated heterocycles. The van der Waals surface area contributed by atoms with Crippen LogP contribution < -0.4 is 5.56 Å². The lowest BCUT2D eigenvalue weighted by molar-refractivity contribution is -0.116. The number of Topliss-reactive ketones (excluding diaryl/α,β-unsaturated/α-hetero) is 1. The summed E-state index contributed by atoms with van der Waals surface area (Å²) in [4.78, 5) is 29.7. The largest absolute Gasteiger partial charge is 0.298 e. The van der Waals surface area contributed by atoms with E-state index in [1.807, 2.05) is 6.07 Å². The number of sulfone groups is 1. The fourth-order valence-electron chi connectivity index (χ4n) is 3.90. The minimum absolute atomic E-state index is 0.0565. The maximum Gasteiger partial charge on any atom is 0.263 e. The zero-order chi connectivity index (χ0) is 23.2. The smallest absolute Gasteiger partial charge is 0.263 e. The van der Waals surface area contributed by atoms with E-state index in [1.165, 1.54) is 29.0 Å². The van der Waals surface area contributed by atoms with Crippen LogP contribution in [0.1, 0.15) is 11.1 Å². The van der Waals surface area contributed by atoms with Gasteiger partial charge >= 0.3 is 0 Å². The number of rotatable bonds is 6. The van der Waals surface area contributed by atoms with E-state index >= 15 is 0 Å². The number of hydrogen-bond acceptors (Lipinski definition) is 6. The highest BCUT2D eigenvalue weighted by atomic mass is 32.2. The van der Waals surface area contributed by atoms with E-state index in [0.29, 0.717) is 17.4 Å². The Balaban J connectivity index is 1.41. The number of pyridine rings is 1. The van der Waals surface area contributed by atoms with Crippen LogP contribution in [0.5, 0.6) is 0 Å². The Hall–Kier alpha value is -3.43. The molecule has 0 bridgehead atoms. The van der Waals surface area contributed by atoms with Crippen LogP contribution in [0.15, 0.2) is 74.1 Å². The van der Waals surface area contributed by atoms with Crippen molar-refractivity contribution in [3.05, 3.63) is 87.4 Å². The van der Waals surface area contributed by atoms with E-state index in [1.54, 1.807) is 29.8 Å². The van der Waals surface area contributed by atoms with Crippen LogP contribution in [0.4, 0.5) is 10.1 Å². The summed E-state index contributed by atoms with van der Waals surface area (Å²) in [5.41, 5.74) is 1.82. The van der Waals surface area contributed by atoms with Crippen LogP contribution >= 0.6 is 11.3 Å². The maximum atomic E-state index is 14.9. The van der Waals surface area contributed by atoms with E-state index < -0.39 is 27.2 Å². The van der Waals surface area contributed by atoms with E-state index in [0.717, 1.165) is 34.0 Å². The number of fused-ring (bicyclic) bond motifs is 2. The highest BCUT2D eigenvalue weighted by Gasteiger charge is 2.21. The normalized spacial score (nSPS) is 12.9. The Labute approximate surface area is 192 Å². The predicted molar refractivity (Wildman–Crippen MR) is 126 cm³/mol. The van der Waals surface area contributed by atoms with Gasteiger partial charge in [0, 0.05) is 30.6 Å². The molecule has 6 nitrogen and oxygen atoms in total. The van der Waals surface area contributed by atoms with Gasteiger partial charge in [0.1, 0.15) is 15.8 Å². The minimum atomic E-state index is -3.71. The molecule has 0 N–H and O–H groups in total. The summed E-state index contributed by atoms with van der Waals surface area (Å²) in [6, 6.07) is 12.5. The van der Waals surface area contributed by atoms with Crippen molar-refractivity contribution in [1.82, 2.24) is 4.57 Å². The lowest BCUT2D eigenvalue weighted by Crippen LogP contribution is -2.19. The van der Waals surface area contributed by atoms with Crippen molar-refractivity contribution in [2.45, 2.75) is 17.1 Å². The number of hydrogen-bond donors (Lipinski definition) is 0. The van der Waals surface area contributed by atoms with Gasteiger partial charge in [-0.05, 0) is 58.3 Å². The van der Waals surface area contributed by atoms with Crippen LogP contribution in [0.2, 0.25) is 0 Å². The summed E-state index contributed by atoms with van der Waals surface area (Å²) in [5, 5.41) is 2.82. The molecule has 0 radical (unpaired) electrons. The molecular weight excluding hydrogens is 463 g/mol. The van der Waals surface area contributed by atoms with E-state index in [2.05, 4.69) is 4.99 Å². The average Bonchev–Trinajstić information content (AvgIpc) is 3.45. The third-order valence-electron chi connectivity index (χ3n) is 5.47. The molecule has 0 aliphatic carbocycles. The van der Waals surface area contributed by atoms with Crippen molar-refractivity contribution in [1.29, 1.82) is 0 Å². The molecule has 0 saturated carbocycles. The van der Waals surface area contributed by atoms with Gasteiger partial charge in [0.25, 0.3) is 5.56 Å². The minimum Gasteiger partial charge on any atom is -0.298 e. The van der Waals surface area contributed by atoms with E-state index in [-0.39, 0.29) is 21.9 Å². The van der Waals surface area contributed by atoms with Gasteiger partial charge in [-0.15, -0.1) is 11.3 Å². The van der Waals surface area contributed by atoms with Gasteiger partial charge in [-0.3, -0.25) is 19.1 Å². The molecule has 0 atom stereocenters. The topological polar surface area (TPSA) is 85.6 Å². The second-order valence-corrected chi connectivity index (χ2v) is 10.9. The van der Waals surface area contributed by atoms with Gasteiger partial charge in [-0.2, -0.15) is 0 Å². The maximum absolute atomic E-state index is 14.9. The number of carbonyl (C=O) groups is 1. The molecule has 4 aromatic rings. The molecular formula is C24H17FN2O4S2. The molecule has 1 aliphatic heterocycles. The molecule has 0 fully saturated rings. The van der Waals surface area contributed by atoms with Gasteiger partial charge in [0.05, 0.1) is 11.4 Å². The first-order chi connectivity index (χ1) is 15.8. The second kappa shape index (κ2) is 8.17. The molecule has 33 heavy (non-hydrogen) atoms. The van der Waals surface area contributed by atoms with Crippen LogP contribution in [0, 0.1) is 5.82 Å². The Bertz CT molecular complexity index is 1600. The molecule has 0 unspecified atom stereocenters. The summed E-state index contributed by atoms with van der Waals surface area (Å²) >= 11 is 1.05. The molecule has 9 heteroatoms. The third kappa shape index (κ3) is 4.05. The zero-order valence-corrected chi connectivity index (χ0v) is 18.8. The molecule has 5 rings (SSSR count). The number of carbonyl (C=O) groups excluding carboxylic acids is 1.